The van der Waals surface area contributed by atoms with Crippen molar-refractivity contribution in [1.29, 1.82) is 0 Å². The number of amides is 1. The first-order valence-corrected chi connectivity index (χ1v) is 26.8. The second-order valence-corrected chi connectivity index (χ2v) is 23.1. The Bertz CT molecular complexity index is 1040. The monoisotopic (exact) mass is 800 g/mol. The summed E-state index contributed by atoms with van der Waals surface area (Å²) in [5.74, 6) is 0.0982. The van der Waals surface area contributed by atoms with Crippen LogP contribution >= 0.6 is 0 Å². The van der Waals surface area contributed by atoms with Crippen molar-refractivity contribution in [2.75, 3.05) is 13.4 Å². The fraction of sp³-hybridized carbons (Fsp3) is 0.820. The summed E-state index contributed by atoms with van der Waals surface area (Å²) in [6, 6.07) is 9.94. The molecule has 6 heteroatoms. The normalized spacial score (nSPS) is 13.4. The highest BCUT2D eigenvalue weighted by Crippen LogP contribution is 2.36. The van der Waals surface area contributed by atoms with Gasteiger partial charge in [-0.15, -0.1) is 0 Å². The highest BCUT2D eigenvalue weighted by Gasteiger charge is 2.38. The van der Waals surface area contributed by atoms with Crippen LogP contribution in [0.5, 0.6) is 0 Å². The zero-order valence-corrected chi connectivity index (χ0v) is 39.2. The molecule has 1 rings (SSSR count). The molecule has 0 saturated heterocycles. The van der Waals surface area contributed by atoms with Gasteiger partial charge in [-0.2, -0.15) is 0 Å². The Morgan fingerprint density at radius 1 is 0.661 bits per heavy atom. The Balaban J connectivity index is 2.65. The lowest BCUT2D eigenvalue weighted by atomic mass is 10.0. The van der Waals surface area contributed by atoms with Crippen molar-refractivity contribution in [3.05, 3.63) is 48.0 Å². The summed E-state index contributed by atoms with van der Waals surface area (Å²) >= 11 is 0. The summed E-state index contributed by atoms with van der Waals surface area (Å²) in [6.07, 6.45) is 40.3. The molecule has 326 valence electrons. The molecule has 0 spiro atoms. The summed E-state index contributed by atoms with van der Waals surface area (Å²) in [5.41, 5.74) is 1.12. The quantitative estimate of drug-likeness (QED) is 0.0312. The van der Waals surface area contributed by atoms with Gasteiger partial charge in [-0.25, -0.2) is 0 Å². The Kier molecular flexibility index (Phi) is 33.3. The third kappa shape index (κ3) is 29.7. The number of hydrogen-bond donors (Lipinski definition) is 1. The average Bonchev–Trinajstić information content (AvgIpc) is 3.17. The zero-order valence-electron chi connectivity index (χ0n) is 38.2. The van der Waals surface area contributed by atoms with Crippen LogP contribution < -0.4 is 5.32 Å². The Labute approximate surface area is 349 Å². The maximum atomic E-state index is 13.5. The third-order valence-corrected chi connectivity index (χ3v) is 16.4. The number of ether oxygens (including phenoxy) is 2. The molecule has 0 radical (unpaired) electrons. The van der Waals surface area contributed by atoms with E-state index in [1.165, 1.54) is 154 Å². The molecule has 0 fully saturated rings. The fourth-order valence-electron chi connectivity index (χ4n) is 6.99. The summed E-state index contributed by atoms with van der Waals surface area (Å²) in [5, 5.41) is 3.45. The number of hydrogen-bond acceptors (Lipinski definition) is 4. The first-order chi connectivity index (χ1) is 27.1. The van der Waals surface area contributed by atoms with E-state index in [9.17, 15) is 4.79 Å². The predicted molar refractivity (Wildman–Crippen MR) is 246 cm³/mol. The smallest absolute Gasteiger partial charge is 0.220 e. The standard InChI is InChI=1S/C50H93NO4Si/c1-8-10-12-14-16-18-20-22-23-25-27-29-31-33-38-42-49(52)51-47(44-55-56(6,7)50(3,4)5)48(54-45-53-43-46-39-35-34-36-40-46)41-37-32-30-28-26-24-21-19-17-15-13-11-9-2/h34-37,39-41,47-48H,8-33,38,42-45H2,1-7H3,(H,51,52)/b41-37+/t47-,48+/m0/s1. The molecule has 5 nitrogen and oxygen atoms in total. The molecule has 1 aromatic carbocycles. The van der Waals surface area contributed by atoms with Gasteiger partial charge < -0.3 is 19.2 Å². The molecule has 0 aliphatic carbocycles. The highest BCUT2D eigenvalue weighted by molar-refractivity contribution is 6.74. The van der Waals surface area contributed by atoms with E-state index in [0.717, 1.165) is 24.8 Å². The van der Waals surface area contributed by atoms with E-state index >= 15 is 0 Å². The number of benzene rings is 1. The van der Waals surface area contributed by atoms with E-state index in [1.54, 1.807) is 0 Å². The fourth-order valence-corrected chi connectivity index (χ4v) is 8.02. The molecule has 0 unspecified atom stereocenters. The van der Waals surface area contributed by atoms with Crippen molar-refractivity contribution in [2.24, 2.45) is 0 Å². The van der Waals surface area contributed by atoms with Crippen LogP contribution in [0, 0.1) is 0 Å². The van der Waals surface area contributed by atoms with Gasteiger partial charge in [-0.1, -0.05) is 231 Å². The topological polar surface area (TPSA) is 56.8 Å². The molecule has 2 atom stereocenters. The number of unbranched alkanes of at least 4 members (excludes halogenated alkanes) is 25. The van der Waals surface area contributed by atoms with Crippen LogP contribution in [-0.4, -0.2) is 39.8 Å². The van der Waals surface area contributed by atoms with Crippen LogP contribution in [0.15, 0.2) is 42.5 Å². The van der Waals surface area contributed by atoms with Gasteiger partial charge in [0.15, 0.2) is 8.32 Å². The van der Waals surface area contributed by atoms with Gasteiger partial charge in [0.05, 0.1) is 19.3 Å². The number of carbonyl (C=O) groups is 1. The van der Waals surface area contributed by atoms with Gasteiger partial charge in [0.2, 0.25) is 5.91 Å². The Hall–Kier alpha value is -1.47. The molecule has 1 amide bonds. The van der Waals surface area contributed by atoms with Crippen LogP contribution in [0.4, 0.5) is 0 Å². The lowest BCUT2D eigenvalue weighted by Crippen LogP contribution is -2.51. The Morgan fingerprint density at radius 3 is 1.57 bits per heavy atom. The van der Waals surface area contributed by atoms with Crippen LogP contribution in [-0.2, 0) is 25.3 Å². The van der Waals surface area contributed by atoms with Crippen molar-refractivity contribution >= 4 is 14.2 Å². The zero-order chi connectivity index (χ0) is 41.0. The summed E-state index contributed by atoms with van der Waals surface area (Å²) in [6.45, 7) is 17.0. The summed E-state index contributed by atoms with van der Waals surface area (Å²) < 4.78 is 19.1. The van der Waals surface area contributed by atoms with Crippen LogP contribution in [0.2, 0.25) is 18.1 Å². The molecule has 56 heavy (non-hydrogen) atoms. The second-order valence-electron chi connectivity index (χ2n) is 18.3. The van der Waals surface area contributed by atoms with E-state index in [0.29, 0.717) is 19.6 Å². The van der Waals surface area contributed by atoms with Gasteiger partial charge in [0, 0.05) is 6.42 Å². The molecule has 0 bridgehead atoms. The van der Waals surface area contributed by atoms with Gasteiger partial charge in [-0.05, 0) is 43.0 Å². The molecule has 0 heterocycles. The first-order valence-electron chi connectivity index (χ1n) is 23.9. The number of allylic oxidation sites excluding steroid dienone is 1. The van der Waals surface area contributed by atoms with Crippen molar-refractivity contribution in [1.82, 2.24) is 5.32 Å². The van der Waals surface area contributed by atoms with E-state index in [1.807, 2.05) is 18.2 Å². The van der Waals surface area contributed by atoms with Crippen molar-refractivity contribution in [3.8, 4) is 0 Å². The van der Waals surface area contributed by atoms with Crippen molar-refractivity contribution < 1.29 is 18.7 Å². The highest BCUT2D eigenvalue weighted by atomic mass is 28.4. The molecule has 0 aliphatic rings. The maximum Gasteiger partial charge on any atom is 0.220 e. The minimum Gasteiger partial charge on any atom is -0.415 e. The molecule has 1 N–H and O–H groups in total. The third-order valence-electron chi connectivity index (χ3n) is 11.9. The largest absolute Gasteiger partial charge is 0.415 e. The minimum absolute atomic E-state index is 0.0789. The van der Waals surface area contributed by atoms with Gasteiger partial charge in [0.1, 0.15) is 12.9 Å². The number of nitrogens with one attached hydrogen (secondary N) is 1. The van der Waals surface area contributed by atoms with Crippen molar-refractivity contribution in [2.45, 2.75) is 251 Å². The minimum atomic E-state index is -2.04. The van der Waals surface area contributed by atoms with E-state index in [-0.39, 0.29) is 29.9 Å². The lowest BCUT2D eigenvalue weighted by molar-refractivity contribution is -0.126. The van der Waals surface area contributed by atoms with Gasteiger partial charge in [0.25, 0.3) is 0 Å². The van der Waals surface area contributed by atoms with E-state index in [2.05, 4.69) is 77.3 Å². The molecular weight excluding hydrogens is 707 g/mol. The SMILES string of the molecule is CCCCCCCCCCCCC/C=C/[C@@H](OCOCc1ccccc1)[C@H](CO[Si](C)(C)C(C)(C)C)NC(=O)CCCCCCCCCCCCCCCCC. The lowest BCUT2D eigenvalue weighted by Gasteiger charge is -2.38. The molecule has 0 aromatic heterocycles. The molecular formula is C50H93NO4Si. The van der Waals surface area contributed by atoms with E-state index < -0.39 is 8.32 Å². The summed E-state index contributed by atoms with van der Waals surface area (Å²) in [7, 11) is -2.04. The molecule has 0 aliphatic heterocycles. The first kappa shape index (κ1) is 52.5. The maximum absolute atomic E-state index is 13.5. The van der Waals surface area contributed by atoms with E-state index in [4.69, 9.17) is 13.9 Å². The van der Waals surface area contributed by atoms with Gasteiger partial charge in [-0.3, -0.25) is 4.79 Å². The number of rotatable bonds is 39. The molecule has 1 aromatic rings. The van der Waals surface area contributed by atoms with Crippen LogP contribution in [0.1, 0.15) is 220 Å². The second kappa shape index (κ2) is 35.5. The average molecular weight is 800 g/mol. The van der Waals surface area contributed by atoms with Crippen LogP contribution in [0.25, 0.3) is 0 Å². The summed E-state index contributed by atoms with van der Waals surface area (Å²) in [4.78, 5) is 13.5. The predicted octanol–water partition coefficient (Wildman–Crippen LogP) is 15.6. The molecule has 0 saturated carbocycles. The Morgan fingerprint density at radius 2 is 1.11 bits per heavy atom. The van der Waals surface area contributed by atoms with Crippen LogP contribution in [0.3, 0.4) is 0 Å². The number of carbonyl (C=O) groups excluding carboxylic acids is 1. The van der Waals surface area contributed by atoms with Gasteiger partial charge >= 0.3 is 0 Å². The van der Waals surface area contributed by atoms with Crippen molar-refractivity contribution in [3.63, 3.8) is 0 Å².